The molecule has 3 rings (SSSR count). The molecule has 0 saturated carbocycles. The highest BCUT2D eigenvalue weighted by molar-refractivity contribution is 5.92. The fourth-order valence-corrected chi connectivity index (χ4v) is 2.37. The monoisotopic (exact) mass is 320 g/mol. The number of hydrogen-bond donors (Lipinski definition) is 1. The SMILES string of the molecule is O=C(NCCCOCC1CCCO1)c1cc(-c2ccco2)on1. The van der Waals surface area contributed by atoms with Crippen LogP contribution >= 0.6 is 0 Å². The van der Waals surface area contributed by atoms with E-state index in [2.05, 4.69) is 10.5 Å². The molecule has 1 unspecified atom stereocenters. The third kappa shape index (κ3) is 4.43. The standard InChI is InChI=1S/C16H20N2O5/c19-16(13-10-15(23-18-13)14-5-2-9-22-14)17-6-3-7-20-11-12-4-1-8-21-12/h2,5,9-10,12H,1,3-4,6-8,11H2,(H,17,19). The maximum Gasteiger partial charge on any atom is 0.273 e. The van der Waals surface area contributed by atoms with Crippen LogP contribution in [0.5, 0.6) is 0 Å². The number of ether oxygens (including phenoxy) is 2. The van der Waals surface area contributed by atoms with E-state index >= 15 is 0 Å². The second-order valence-corrected chi connectivity index (χ2v) is 5.37. The molecule has 1 atom stereocenters. The van der Waals surface area contributed by atoms with Gasteiger partial charge in [0.1, 0.15) is 0 Å². The van der Waals surface area contributed by atoms with Crippen molar-refractivity contribution in [1.82, 2.24) is 10.5 Å². The number of hydrogen-bond acceptors (Lipinski definition) is 6. The number of carbonyl (C=O) groups is 1. The molecule has 0 spiro atoms. The number of aromatic nitrogens is 1. The van der Waals surface area contributed by atoms with Crippen LogP contribution in [0, 0.1) is 0 Å². The van der Waals surface area contributed by atoms with Gasteiger partial charge in [0.15, 0.2) is 11.5 Å². The van der Waals surface area contributed by atoms with Crippen molar-refractivity contribution < 1.29 is 23.2 Å². The summed E-state index contributed by atoms with van der Waals surface area (Å²) in [5.41, 5.74) is 0.233. The zero-order valence-electron chi connectivity index (χ0n) is 12.8. The Kier molecular flexibility index (Phi) is 5.44. The molecular weight excluding hydrogens is 300 g/mol. The third-order valence-electron chi connectivity index (χ3n) is 3.59. The predicted molar refractivity (Wildman–Crippen MR) is 80.9 cm³/mol. The lowest BCUT2D eigenvalue weighted by Crippen LogP contribution is -2.26. The van der Waals surface area contributed by atoms with E-state index < -0.39 is 0 Å². The van der Waals surface area contributed by atoms with Crippen molar-refractivity contribution in [1.29, 1.82) is 0 Å². The predicted octanol–water partition coefficient (Wildman–Crippen LogP) is 2.25. The summed E-state index contributed by atoms with van der Waals surface area (Å²) < 4.78 is 21.3. The van der Waals surface area contributed by atoms with Crippen molar-refractivity contribution in [2.24, 2.45) is 0 Å². The molecule has 0 radical (unpaired) electrons. The van der Waals surface area contributed by atoms with E-state index in [1.54, 1.807) is 18.2 Å². The number of amides is 1. The molecule has 1 aliphatic rings. The van der Waals surface area contributed by atoms with Crippen molar-refractivity contribution in [2.45, 2.75) is 25.4 Å². The number of nitrogens with zero attached hydrogens (tertiary/aromatic N) is 1. The van der Waals surface area contributed by atoms with Crippen molar-refractivity contribution in [3.8, 4) is 11.5 Å². The molecule has 23 heavy (non-hydrogen) atoms. The summed E-state index contributed by atoms with van der Waals surface area (Å²) in [7, 11) is 0. The summed E-state index contributed by atoms with van der Waals surface area (Å²) in [6.45, 7) is 2.58. The van der Waals surface area contributed by atoms with Crippen LogP contribution in [0.4, 0.5) is 0 Å². The summed E-state index contributed by atoms with van der Waals surface area (Å²) in [6, 6.07) is 5.05. The topological polar surface area (TPSA) is 86.7 Å². The van der Waals surface area contributed by atoms with Crippen molar-refractivity contribution in [2.75, 3.05) is 26.4 Å². The average molecular weight is 320 g/mol. The average Bonchev–Trinajstić information content (AvgIpc) is 3.32. The van der Waals surface area contributed by atoms with E-state index in [0.29, 0.717) is 31.3 Å². The van der Waals surface area contributed by atoms with Gasteiger partial charge < -0.3 is 23.7 Å². The Balaban J connectivity index is 1.33. The molecule has 0 aliphatic carbocycles. The van der Waals surface area contributed by atoms with Gasteiger partial charge in [0.25, 0.3) is 5.91 Å². The van der Waals surface area contributed by atoms with Crippen LogP contribution in [0.25, 0.3) is 11.5 Å². The zero-order chi connectivity index (χ0) is 15.9. The van der Waals surface area contributed by atoms with E-state index in [-0.39, 0.29) is 17.7 Å². The number of furan rings is 1. The van der Waals surface area contributed by atoms with E-state index in [4.69, 9.17) is 18.4 Å². The molecule has 0 bridgehead atoms. The Labute approximate surface area is 133 Å². The first-order chi connectivity index (χ1) is 11.3. The lowest BCUT2D eigenvalue weighted by molar-refractivity contribution is 0.0166. The molecule has 1 N–H and O–H groups in total. The normalized spacial score (nSPS) is 17.5. The Hall–Kier alpha value is -2.12. The summed E-state index contributed by atoms with van der Waals surface area (Å²) in [4.78, 5) is 11.9. The van der Waals surface area contributed by atoms with Crippen LogP contribution in [-0.2, 0) is 9.47 Å². The quantitative estimate of drug-likeness (QED) is 0.751. The van der Waals surface area contributed by atoms with Gasteiger partial charge in [0, 0.05) is 25.8 Å². The molecule has 7 heteroatoms. The van der Waals surface area contributed by atoms with E-state index in [1.165, 1.54) is 6.26 Å². The van der Waals surface area contributed by atoms with Crippen molar-refractivity contribution in [3.05, 3.63) is 30.2 Å². The van der Waals surface area contributed by atoms with Crippen LogP contribution < -0.4 is 5.32 Å². The molecule has 124 valence electrons. The number of nitrogens with one attached hydrogen (secondary N) is 1. The first-order valence-corrected chi connectivity index (χ1v) is 7.81. The Morgan fingerprint density at radius 3 is 3.17 bits per heavy atom. The van der Waals surface area contributed by atoms with Gasteiger partial charge >= 0.3 is 0 Å². The summed E-state index contributed by atoms with van der Waals surface area (Å²) >= 11 is 0. The molecule has 1 saturated heterocycles. The van der Waals surface area contributed by atoms with Gasteiger partial charge in [-0.3, -0.25) is 4.79 Å². The van der Waals surface area contributed by atoms with Gasteiger partial charge in [-0.05, 0) is 31.4 Å². The minimum absolute atomic E-state index is 0.233. The smallest absolute Gasteiger partial charge is 0.273 e. The van der Waals surface area contributed by atoms with Crippen LogP contribution in [0.15, 0.2) is 33.4 Å². The van der Waals surface area contributed by atoms with Gasteiger partial charge in [-0.2, -0.15) is 0 Å². The van der Waals surface area contributed by atoms with Gasteiger partial charge in [0.05, 0.1) is 19.0 Å². The highest BCUT2D eigenvalue weighted by Crippen LogP contribution is 2.20. The van der Waals surface area contributed by atoms with E-state index in [0.717, 1.165) is 25.9 Å². The minimum atomic E-state index is -0.273. The first kappa shape index (κ1) is 15.8. The summed E-state index contributed by atoms with van der Waals surface area (Å²) in [5, 5.41) is 6.53. The maximum absolute atomic E-state index is 11.9. The van der Waals surface area contributed by atoms with Gasteiger partial charge in [-0.15, -0.1) is 0 Å². The largest absolute Gasteiger partial charge is 0.461 e. The van der Waals surface area contributed by atoms with Gasteiger partial charge in [0.2, 0.25) is 5.76 Å². The number of rotatable bonds is 8. The van der Waals surface area contributed by atoms with Crippen molar-refractivity contribution in [3.63, 3.8) is 0 Å². The molecule has 3 heterocycles. The highest BCUT2D eigenvalue weighted by atomic mass is 16.5. The Bertz CT molecular complexity index is 602. The van der Waals surface area contributed by atoms with Gasteiger partial charge in [-0.1, -0.05) is 5.16 Å². The molecule has 1 aliphatic heterocycles. The third-order valence-corrected chi connectivity index (χ3v) is 3.59. The first-order valence-electron chi connectivity index (χ1n) is 7.81. The molecule has 2 aromatic heterocycles. The molecule has 1 fully saturated rings. The fraction of sp³-hybridized carbons (Fsp3) is 0.500. The molecular formula is C16H20N2O5. The molecule has 0 aromatic carbocycles. The molecule has 7 nitrogen and oxygen atoms in total. The Morgan fingerprint density at radius 1 is 1.43 bits per heavy atom. The maximum atomic E-state index is 11.9. The van der Waals surface area contributed by atoms with E-state index in [1.807, 2.05) is 0 Å². The second-order valence-electron chi connectivity index (χ2n) is 5.37. The lowest BCUT2D eigenvalue weighted by Gasteiger charge is -2.09. The highest BCUT2D eigenvalue weighted by Gasteiger charge is 2.16. The Morgan fingerprint density at radius 2 is 2.39 bits per heavy atom. The van der Waals surface area contributed by atoms with Crippen LogP contribution in [-0.4, -0.2) is 43.5 Å². The van der Waals surface area contributed by atoms with E-state index in [9.17, 15) is 4.79 Å². The lowest BCUT2D eigenvalue weighted by atomic mass is 10.2. The molecule has 1 amide bonds. The van der Waals surface area contributed by atoms with Gasteiger partial charge in [-0.25, -0.2) is 0 Å². The minimum Gasteiger partial charge on any atom is -0.461 e. The van der Waals surface area contributed by atoms with Crippen molar-refractivity contribution >= 4 is 5.91 Å². The summed E-state index contributed by atoms with van der Waals surface area (Å²) in [5.74, 6) is 0.699. The van der Waals surface area contributed by atoms with Crippen LogP contribution in [0.2, 0.25) is 0 Å². The zero-order valence-corrected chi connectivity index (χ0v) is 12.8. The number of carbonyl (C=O) groups excluding carboxylic acids is 1. The van der Waals surface area contributed by atoms with Crippen LogP contribution in [0.3, 0.4) is 0 Å². The second kappa shape index (κ2) is 7.94. The fourth-order valence-electron chi connectivity index (χ4n) is 2.37. The molecule has 2 aromatic rings. The van der Waals surface area contributed by atoms with Crippen LogP contribution in [0.1, 0.15) is 29.8 Å². The summed E-state index contributed by atoms with van der Waals surface area (Å²) in [6.07, 6.45) is 4.69.